The van der Waals surface area contributed by atoms with E-state index in [4.69, 9.17) is 4.74 Å². The van der Waals surface area contributed by atoms with Gasteiger partial charge in [-0.15, -0.1) is 0 Å². The van der Waals surface area contributed by atoms with Crippen LogP contribution in [0.15, 0.2) is 30.3 Å². The highest BCUT2D eigenvalue weighted by atomic mass is 16.5. The van der Waals surface area contributed by atoms with E-state index in [9.17, 15) is 4.79 Å². The summed E-state index contributed by atoms with van der Waals surface area (Å²) in [4.78, 5) is 11.7. The lowest BCUT2D eigenvalue weighted by atomic mass is 9.97. The predicted octanol–water partition coefficient (Wildman–Crippen LogP) is 2.33. The van der Waals surface area contributed by atoms with Crippen molar-refractivity contribution >= 4 is 5.91 Å². The topological polar surface area (TPSA) is 38.3 Å². The maximum Gasteiger partial charge on any atom is 0.220 e. The molecular weight excluding hydrogens is 214 g/mol. The van der Waals surface area contributed by atoms with Crippen LogP contribution in [0.1, 0.15) is 31.7 Å². The van der Waals surface area contributed by atoms with Gasteiger partial charge in [0.15, 0.2) is 0 Å². The first-order chi connectivity index (χ1) is 8.13. The van der Waals surface area contributed by atoms with Gasteiger partial charge in [0, 0.05) is 19.6 Å². The number of amides is 1. The minimum atomic E-state index is 0.0653. The zero-order valence-electron chi connectivity index (χ0n) is 10.8. The smallest absolute Gasteiger partial charge is 0.220 e. The van der Waals surface area contributed by atoms with Crippen molar-refractivity contribution in [1.29, 1.82) is 0 Å². The summed E-state index contributed by atoms with van der Waals surface area (Å²) in [6.07, 6.45) is 0.512. The van der Waals surface area contributed by atoms with Crippen LogP contribution in [0, 0.1) is 0 Å². The number of hydrogen-bond donors (Lipinski definition) is 1. The summed E-state index contributed by atoms with van der Waals surface area (Å²) in [5.74, 6) is 0.317. The predicted molar refractivity (Wildman–Crippen MR) is 69.0 cm³/mol. The molecule has 17 heavy (non-hydrogen) atoms. The van der Waals surface area contributed by atoms with E-state index >= 15 is 0 Å². The molecule has 2 atom stereocenters. The van der Waals surface area contributed by atoms with E-state index in [0.29, 0.717) is 13.0 Å². The van der Waals surface area contributed by atoms with Gasteiger partial charge in [0.25, 0.3) is 0 Å². The molecule has 1 aromatic carbocycles. The lowest BCUT2D eigenvalue weighted by molar-refractivity contribution is -0.122. The number of carbonyl (C=O) groups excluding carboxylic acids is 1. The van der Waals surface area contributed by atoms with Gasteiger partial charge < -0.3 is 10.1 Å². The molecule has 1 aromatic rings. The highest BCUT2D eigenvalue weighted by Crippen LogP contribution is 2.18. The summed E-state index contributed by atoms with van der Waals surface area (Å²) in [6, 6.07) is 10.1. The van der Waals surface area contributed by atoms with Crippen LogP contribution in [0.4, 0.5) is 0 Å². The third-order valence-electron chi connectivity index (χ3n) is 2.68. The van der Waals surface area contributed by atoms with Crippen LogP contribution in [0.2, 0.25) is 0 Å². The Bertz CT molecular complexity index is 337. The average Bonchev–Trinajstić information content (AvgIpc) is 2.30. The van der Waals surface area contributed by atoms with Crippen LogP contribution >= 0.6 is 0 Å². The zero-order valence-corrected chi connectivity index (χ0v) is 10.8. The fourth-order valence-electron chi connectivity index (χ4n) is 1.80. The number of benzene rings is 1. The summed E-state index contributed by atoms with van der Waals surface area (Å²) >= 11 is 0. The molecule has 0 aliphatic rings. The molecular formula is C14H21NO2. The molecule has 0 saturated carbocycles. The first kappa shape index (κ1) is 13.7. The van der Waals surface area contributed by atoms with Crippen molar-refractivity contribution in [1.82, 2.24) is 5.32 Å². The molecule has 0 aliphatic carbocycles. The van der Waals surface area contributed by atoms with Crippen LogP contribution in [0.25, 0.3) is 0 Å². The van der Waals surface area contributed by atoms with Crippen LogP contribution in [-0.2, 0) is 9.53 Å². The second-order valence-corrected chi connectivity index (χ2v) is 4.44. The monoisotopic (exact) mass is 235 g/mol. The second-order valence-electron chi connectivity index (χ2n) is 4.44. The Labute approximate surface area is 103 Å². The fraction of sp³-hybridized carbons (Fsp3) is 0.500. The first-order valence-electron chi connectivity index (χ1n) is 5.96. The van der Waals surface area contributed by atoms with Crippen LogP contribution in [0.5, 0.6) is 0 Å². The average molecular weight is 235 g/mol. The third-order valence-corrected chi connectivity index (χ3v) is 2.68. The molecule has 1 amide bonds. The summed E-state index contributed by atoms with van der Waals surface area (Å²) in [5.41, 5.74) is 1.20. The number of rotatable bonds is 6. The maximum absolute atomic E-state index is 11.7. The van der Waals surface area contributed by atoms with Gasteiger partial charge in [0.1, 0.15) is 0 Å². The molecule has 3 heteroatoms. The number of methoxy groups -OCH3 is 1. The van der Waals surface area contributed by atoms with Crippen LogP contribution in [0.3, 0.4) is 0 Å². The SMILES string of the molecule is COC[C@H](C)NC(=O)C[C@H](C)c1ccccc1. The zero-order chi connectivity index (χ0) is 12.7. The summed E-state index contributed by atoms with van der Waals surface area (Å²) in [7, 11) is 1.63. The normalized spacial score (nSPS) is 14.1. The Morgan fingerprint density at radius 1 is 1.29 bits per heavy atom. The van der Waals surface area contributed by atoms with Crippen molar-refractivity contribution in [2.45, 2.75) is 32.2 Å². The van der Waals surface area contributed by atoms with Gasteiger partial charge >= 0.3 is 0 Å². The third kappa shape index (κ3) is 5.00. The Balaban J connectivity index is 2.41. The van der Waals surface area contributed by atoms with Crippen molar-refractivity contribution in [3.63, 3.8) is 0 Å². The fourth-order valence-corrected chi connectivity index (χ4v) is 1.80. The second kappa shape index (κ2) is 7.07. The van der Waals surface area contributed by atoms with Gasteiger partial charge in [-0.2, -0.15) is 0 Å². The largest absolute Gasteiger partial charge is 0.383 e. The van der Waals surface area contributed by atoms with Crippen LogP contribution in [-0.4, -0.2) is 25.7 Å². The molecule has 3 nitrogen and oxygen atoms in total. The molecule has 0 saturated heterocycles. The summed E-state index contributed by atoms with van der Waals surface area (Å²) < 4.78 is 4.98. The van der Waals surface area contributed by atoms with Gasteiger partial charge in [-0.1, -0.05) is 37.3 Å². The van der Waals surface area contributed by atoms with Crippen molar-refractivity contribution in [2.75, 3.05) is 13.7 Å². The Hall–Kier alpha value is -1.35. The highest BCUT2D eigenvalue weighted by molar-refractivity contribution is 5.77. The standard InChI is InChI=1S/C14H21NO2/c1-11(13-7-5-4-6-8-13)9-14(16)15-12(2)10-17-3/h4-8,11-12H,9-10H2,1-3H3,(H,15,16)/t11-,12-/m0/s1. The molecule has 0 heterocycles. The number of carbonyl (C=O) groups is 1. The Morgan fingerprint density at radius 3 is 2.53 bits per heavy atom. The van der Waals surface area contributed by atoms with E-state index in [2.05, 4.69) is 24.4 Å². The van der Waals surface area contributed by atoms with E-state index < -0.39 is 0 Å². The summed E-state index contributed by atoms with van der Waals surface area (Å²) in [6.45, 7) is 4.55. The Morgan fingerprint density at radius 2 is 1.94 bits per heavy atom. The van der Waals surface area contributed by atoms with Crippen molar-refractivity contribution < 1.29 is 9.53 Å². The minimum Gasteiger partial charge on any atom is -0.383 e. The molecule has 0 radical (unpaired) electrons. The van der Waals surface area contributed by atoms with Gasteiger partial charge in [-0.05, 0) is 18.4 Å². The van der Waals surface area contributed by atoms with Gasteiger partial charge in [-0.3, -0.25) is 4.79 Å². The number of hydrogen-bond acceptors (Lipinski definition) is 2. The van der Waals surface area contributed by atoms with E-state index in [-0.39, 0.29) is 17.9 Å². The van der Waals surface area contributed by atoms with Crippen molar-refractivity contribution in [3.8, 4) is 0 Å². The quantitative estimate of drug-likeness (QED) is 0.822. The van der Waals surface area contributed by atoms with Gasteiger partial charge in [-0.25, -0.2) is 0 Å². The molecule has 1 N–H and O–H groups in total. The summed E-state index contributed by atoms with van der Waals surface area (Å²) in [5, 5.41) is 2.92. The van der Waals surface area contributed by atoms with E-state index in [1.807, 2.05) is 25.1 Å². The molecule has 0 bridgehead atoms. The van der Waals surface area contributed by atoms with Gasteiger partial charge in [0.2, 0.25) is 5.91 Å². The van der Waals surface area contributed by atoms with E-state index in [0.717, 1.165) is 0 Å². The first-order valence-corrected chi connectivity index (χ1v) is 5.96. The number of nitrogens with one attached hydrogen (secondary N) is 1. The molecule has 0 unspecified atom stereocenters. The van der Waals surface area contributed by atoms with Crippen molar-refractivity contribution in [2.24, 2.45) is 0 Å². The number of ether oxygens (including phenoxy) is 1. The Kier molecular flexibility index (Phi) is 5.70. The molecule has 94 valence electrons. The molecule has 0 spiro atoms. The lowest BCUT2D eigenvalue weighted by Crippen LogP contribution is -2.36. The maximum atomic E-state index is 11.7. The molecule has 0 aromatic heterocycles. The van der Waals surface area contributed by atoms with Gasteiger partial charge in [0.05, 0.1) is 6.61 Å². The van der Waals surface area contributed by atoms with E-state index in [1.165, 1.54) is 5.56 Å². The molecule has 0 aliphatic heterocycles. The highest BCUT2D eigenvalue weighted by Gasteiger charge is 2.12. The van der Waals surface area contributed by atoms with Crippen molar-refractivity contribution in [3.05, 3.63) is 35.9 Å². The van der Waals surface area contributed by atoms with Crippen LogP contribution < -0.4 is 5.32 Å². The lowest BCUT2D eigenvalue weighted by Gasteiger charge is -2.15. The minimum absolute atomic E-state index is 0.0653. The molecule has 0 fully saturated rings. The molecule has 1 rings (SSSR count). The van der Waals surface area contributed by atoms with E-state index in [1.54, 1.807) is 7.11 Å².